The van der Waals surface area contributed by atoms with Gasteiger partial charge in [0.2, 0.25) is 0 Å². The van der Waals surface area contributed by atoms with E-state index in [-0.39, 0.29) is 17.3 Å². The van der Waals surface area contributed by atoms with Gasteiger partial charge in [-0.1, -0.05) is 12.1 Å². The number of halogens is 1. The molecule has 3 rings (SSSR count). The van der Waals surface area contributed by atoms with E-state index in [1.54, 1.807) is 60.7 Å². The van der Waals surface area contributed by atoms with Crippen LogP contribution in [-0.4, -0.2) is 11.9 Å². The van der Waals surface area contributed by atoms with Gasteiger partial charge in [0.15, 0.2) is 5.22 Å². The van der Waals surface area contributed by atoms with Crippen LogP contribution in [0, 0.1) is 0 Å². The third-order valence-electron chi connectivity index (χ3n) is 3.54. The molecule has 1 heterocycles. The van der Waals surface area contributed by atoms with Crippen molar-refractivity contribution < 1.29 is 18.7 Å². The first-order valence-corrected chi connectivity index (χ1v) is 8.35. The maximum atomic E-state index is 11.9. The summed E-state index contributed by atoms with van der Waals surface area (Å²) in [4.78, 5) is 23.3. The lowest BCUT2D eigenvalue weighted by Crippen LogP contribution is -2.27. The van der Waals surface area contributed by atoms with E-state index in [4.69, 9.17) is 26.5 Å². The zero-order valence-corrected chi connectivity index (χ0v) is 14.8. The number of primary amides is 1. The SMILES string of the molecule is NC(=O)c1ccccc1Oc1ccc(NC(=O)NCc2ccc(Cl)o2)cc1. The van der Waals surface area contributed by atoms with E-state index in [9.17, 15) is 9.59 Å². The van der Waals surface area contributed by atoms with Crippen LogP contribution in [0.15, 0.2) is 65.1 Å². The molecule has 0 spiro atoms. The Hall–Kier alpha value is -3.45. The number of hydrogen-bond donors (Lipinski definition) is 3. The van der Waals surface area contributed by atoms with Gasteiger partial charge in [-0.25, -0.2) is 4.79 Å². The fourth-order valence-corrected chi connectivity index (χ4v) is 2.44. The van der Waals surface area contributed by atoms with E-state index in [0.29, 0.717) is 22.9 Å². The highest BCUT2D eigenvalue weighted by molar-refractivity contribution is 6.28. The Balaban J connectivity index is 1.57. The molecule has 0 atom stereocenters. The molecule has 7 nitrogen and oxygen atoms in total. The highest BCUT2D eigenvalue weighted by Crippen LogP contribution is 2.26. The molecule has 0 saturated heterocycles. The van der Waals surface area contributed by atoms with Crippen molar-refractivity contribution in [1.82, 2.24) is 5.32 Å². The third-order valence-corrected chi connectivity index (χ3v) is 3.75. The molecule has 0 saturated carbocycles. The fraction of sp³-hybridized carbons (Fsp3) is 0.0526. The Morgan fingerprint density at radius 2 is 1.78 bits per heavy atom. The highest BCUT2D eigenvalue weighted by Gasteiger charge is 2.09. The van der Waals surface area contributed by atoms with Gasteiger partial charge in [0.05, 0.1) is 12.1 Å². The smallest absolute Gasteiger partial charge is 0.319 e. The van der Waals surface area contributed by atoms with E-state index >= 15 is 0 Å². The minimum atomic E-state index is -0.571. The molecule has 2 aromatic carbocycles. The second-order valence-electron chi connectivity index (χ2n) is 5.50. The molecular weight excluding hydrogens is 370 g/mol. The van der Waals surface area contributed by atoms with E-state index in [0.717, 1.165) is 0 Å². The number of nitrogens with two attached hydrogens (primary N) is 1. The van der Waals surface area contributed by atoms with Crippen LogP contribution in [0.25, 0.3) is 0 Å². The summed E-state index contributed by atoms with van der Waals surface area (Å²) in [6, 6.07) is 16.3. The summed E-state index contributed by atoms with van der Waals surface area (Å²) >= 11 is 5.67. The molecule has 1 aromatic heterocycles. The summed E-state index contributed by atoms with van der Waals surface area (Å²) in [5.41, 5.74) is 6.19. The van der Waals surface area contributed by atoms with E-state index in [2.05, 4.69) is 10.6 Å². The predicted molar refractivity (Wildman–Crippen MR) is 101 cm³/mol. The van der Waals surface area contributed by atoms with Crippen LogP contribution in [0.4, 0.5) is 10.5 Å². The van der Waals surface area contributed by atoms with Crippen LogP contribution in [0.2, 0.25) is 5.22 Å². The molecule has 0 bridgehead atoms. The number of para-hydroxylation sites is 1. The lowest BCUT2D eigenvalue weighted by atomic mass is 10.2. The number of benzene rings is 2. The van der Waals surface area contributed by atoms with Crippen molar-refractivity contribution in [1.29, 1.82) is 0 Å². The average molecular weight is 386 g/mol. The number of anilines is 1. The first-order valence-electron chi connectivity index (χ1n) is 7.97. The molecule has 0 aliphatic carbocycles. The van der Waals surface area contributed by atoms with E-state index in [1.807, 2.05) is 0 Å². The number of amides is 3. The van der Waals surface area contributed by atoms with E-state index < -0.39 is 11.9 Å². The van der Waals surface area contributed by atoms with Gasteiger partial charge in [0.25, 0.3) is 5.91 Å². The van der Waals surface area contributed by atoms with Crippen molar-refractivity contribution in [3.8, 4) is 11.5 Å². The molecule has 0 aliphatic rings. The second kappa shape index (κ2) is 8.29. The van der Waals surface area contributed by atoms with Crippen LogP contribution in [0.5, 0.6) is 11.5 Å². The maximum absolute atomic E-state index is 11.9. The molecule has 4 N–H and O–H groups in total. The molecule has 0 radical (unpaired) electrons. The standard InChI is InChI=1S/C19H16ClN3O4/c20-17-10-9-14(27-17)11-22-19(25)23-12-5-7-13(8-6-12)26-16-4-2-1-3-15(16)18(21)24/h1-10H,11H2,(H2,21,24)(H2,22,23,25). The molecule has 0 aliphatic heterocycles. The van der Waals surface area contributed by atoms with Gasteiger partial charge in [-0.15, -0.1) is 0 Å². The van der Waals surface area contributed by atoms with Gasteiger partial charge in [-0.2, -0.15) is 0 Å². The Kier molecular flexibility index (Phi) is 5.63. The molecule has 8 heteroatoms. The fourth-order valence-electron chi connectivity index (χ4n) is 2.28. The minimum Gasteiger partial charge on any atom is -0.457 e. The van der Waals surface area contributed by atoms with Gasteiger partial charge in [-0.05, 0) is 60.1 Å². The Labute approximate surface area is 160 Å². The second-order valence-corrected chi connectivity index (χ2v) is 5.87. The lowest BCUT2D eigenvalue weighted by Gasteiger charge is -2.10. The summed E-state index contributed by atoms with van der Waals surface area (Å²) in [7, 11) is 0. The number of carbonyl (C=O) groups is 2. The quantitative estimate of drug-likeness (QED) is 0.592. The number of carbonyl (C=O) groups excluding carboxylic acids is 2. The molecule has 0 fully saturated rings. The molecule has 27 heavy (non-hydrogen) atoms. The highest BCUT2D eigenvalue weighted by atomic mass is 35.5. The topological polar surface area (TPSA) is 107 Å². The van der Waals surface area contributed by atoms with Gasteiger partial charge in [0.1, 0.15) is 17.3 Å². The van der Waals surface area contributed by atoms with Crippen molar-refractivity contribution in [3.05, 3.63) is 77.2 Å². The van der Waals surface area contributed by atoms with Crippen LogP contribution in [0.1, 0.15) is 16.1 Å². The molecule has 0 unspecified atom stereocenters. The molecule has 3 amide bonds. The minimum absolute atomic E-state index is 0.212. The monoisotopic (exact) mass is 385 g/mol. The van der Waals surface area contributed by atoms with Crippen LogP contribution in [-0.2, 0) is 6.54 Å². The normalized spacial score (nSPS) is 10.3. The molecular formula is C19H16ClN3O4. The number of nitrogens with one attached hydrogen (secondary N) is 2. The summed E-state index contributed by atoms with van der Waals surface area (Å²) < 4.78 is 10.8. The summed E-state index contributed by atoms with van der Waals surface area (Å²) in [6.07, 6.45) is 0. The number of ether oxygens (including phenoxy) is 1. The Morgan fingerprint density at radius 1 is 1.04 bits per heavy atom. The molecule has 138 valence electrons. The summed E-state index contributed by atoms with van der Waals surface area (Å²) in [5.74, 6) is 0.839. The van der Waals surface area contributed by atoms with Gasteiger partial charge < -0.3 is 25.5 Å². The zero-order chi connectivity index (χ0) is 19.2. The first kappa shape index (κ1) is 18.3. The average Bonchev–Trinajstić information content (AvgIpc) is 3.07. The Bertz CT molecular complexity index is 954. The van der Waals surface area contributed by atoms with Crippen LogP contribution >= 0.6 is 11.6 Å². The zero-order valence-electron chi connectivity index (χ0n) is 14.1. The number of furan rings is 1. The van der Waals surface area contributed by atoms with Gasteiger partial charge >= 0.3 is 6.03 Å². The number of rotatable bonds is 6. The van der Waals surface area contributed by atoms with Crippen molar-refractivity contribution >= 4 is 29.2 Å². The number of urea groups is 1. The first-order chi connectivity index (χ1) is 13.0. The number of hydrogen-bond acceptors (Lipinski definition) is 4. The van der Waals surface area contributed by atoms with Gasteiger partial charge in [-0.3, -0.25) is 4.79 Å². The van der Waals surface area contributed by atoms with Crippen molar-refractivity contribution in [2.45, 2.75) is 6.54 Å². The predicted octanol–water partition coefficient (Wildman–Crippen LogP) is 4.15. The summed E-state index contributed by atoms with van der Waals surface area (Å²) in [6.45, 7) is 0.212. The van der Waals surface area contributed by atoms with Crippen molar-refractivity contribution in [2.75, 3.05) is 5.32 Å². The van der Waals surface area contributed by atoms with Crippen LogP contribution < -0.4 is 21.1 Å². The summed E-state index contributed by atoms with van der Waals surface area (Å²) in [5, 5.41) is 5.60. The third kappa shape index (κ3) is 5.02. The largest absolute Gasteiger partial charge is 0.457 e. The van der Waals surface area contributed by atoms with E-state index in [1.165, 1.54) is 0 Å². The van der Waals surface area contributed by atoms with Crippen molar-refractivity contribution in [2.24, 2.45) is 5.73 Å². The van der Waals surface area contributed by atoms with Gasteiger partial charge in [0, 0.05) is 5.69 Å². The maximum Gasteiger partial charge on any atom is 0.319 e. The lowest BCUT2D eigenvalue weighted by molar-refractivity contribution is 0.0998. The van der Waals surface area contributed by atoms with Crippen molar-refractivity contribution in [3.63, 3.8) is 0 Å². The molecule has 3 aromatic rings. The van der Waals surface area contributed by atoms with Crippen LogP contribution in [0.3, 0.4) is 0 Å². The Morgan fingerprint density at radius 3 is 2.44 bits per heavy atom.